The van der Waals surface area contributed by atoms with Crippen LogP contribution in [-0.4, -0.2) is 30.0 Å². The first-order chi connectivity index (χ1) is 14.3. The molecule has 0 saturated carbocycles. The molecule has 3 aromatic rings. The number of methoxy groups -OCH3 is 2. The van der Waals surface area contributed by atoms with Crippen molar-refractivity contribution in [1.82, 2.24) is 4.98 Å². The number of amides is 1. The van der Waals surface area contributed by atoms with Gasteiger partial charge in [0, 0.05) is 23.2 Å². The smallest absolute Gasteiger partial charge is 0.286 e. The fourth-order valence-corrected chi connectivity index (χ4v) is 2.78. The Bertz CT molecular complexity index is 1070. The molecule has 9 nitrogen and oxygen atoms in total. The predicted molar refractivity (Wildman–Crippen MR) is 110 cm³/mol. The highest BCUT2D eigenvalue weighted by Crippen LogP contribution is 2.35. The minimum atomic E-state index is -0.645. The summed E-state index contributed by atoms with van der Waals surface area (Å²) in [7, 11) is 2.75. The zero-order valence-corrected chi connectivity index (χ0v) is 17.0. The van der Waals surface area contributed by atoms with E-state index in [4.69, 9.17) is 13.9 Å². The maximum Gasteiger partial charge on any atom is 0.286 e. The molecule has 1 aromatic heterocycles. The Morgan fingerprint density at radius 1 is 1.13 bits per heavy atom. The molecule has 0 spiro atoms. The van der Waals surface area contributed by atoms with E-state index in [0.717, 1.165) is 17.4 Å². The number of nitro groups is 1. The SMILES string of the molecule is COc1cc(C(=O)Nc2ccc(-c3ncc(C(C)C)o3)cc2)c([N+](=O)[O-])cc1OC. The van der Waals surface area contributed by atoms with Crippen LogP contribution in [0, 0.1) is 10.1 Å². The van der Waals surface area contributed by atoms with E-state index in [9.17, 15) is 14.9 Å². The molecule has 0 radical (unpaired) electrons. The molecule has 0 fully saturated rings. The van der Waals surface area contributed by atoms with E-state index in [1.165, 1.54) is 20.3 Å². The lowest BCUT2D eigenvalue weighted by molar-refractivity contribution is -0.385. The van der Waals surface area contributed by atoms with Gasteiger partial charge in [0.2, 0.25) is 5.89 Å². The summed E-state index contributed by atoms with van der Waals surface area (Å²) < 4.78 is 15.9. The first-order valence-electron chi connectivity index (χ1n) is 9.12. The van der Waals surface area contributed by atoms with Crippen LogP contribution in [0.3, 0.4) is 0 Å². The average Bonchev–Trinajstić information content (AvgIpc) is 3.23. The van der Waals surface area contributed by atoms with Crippen LogP contribution in [0.4, 0.5) is 11.4 Å². The Labute approximate surface area is 172 Å². The summed E-state index contributed by atoms with van der Waals surface area (Å²) in [6.07, 6.45) is 1.69. The summed E-state index contributed by atoms with van der Waals surface area (Å²) in [5.74, 6) is 1.22. The van der Waals surface area contributed by atoms with Crippen LogP contribution >= 0.6 is 0 Å². The van der Waals surface area contributed by atoms with E-state index >= 15 is 0 Å². The second kappa shape index (κ2) is 8.64. The van der Waals surface area contributed by atoms with Crippen LogP contribution in [0.15, 0.2) is 47.0 Å². The first-order valence-corrected chi connectivity index (χ1v) is 9.12. The number of nitrogens with one attached hydrogen (secondary N) is 1. The number of ether oxygens (including phenoxy) is 2. The Balaban J connectivity index is 1.84. The molecule has 0 atom stereocenters. The number of carbonyl (C=O) groups excluding carboxylic acids is 1. The third-order valence-electron chi connectivity index (χ3n) is 4.43. The summed E-state index contributed by atoms with van der Waals surface area (Å²) in [6, 6.07) is 9.26. The van der Waals surface area contributed by atoms with Crippen LogP contribution in [-0.2, 0) is 0 Å². The number of nitro benzene ring substituents is 1. The van der Waals surface area contributed by atoms with Gasteiger partial charge in [-0.2, -0.15) is 0 Å². The van der Waals surface area contributed by atoms with Crippen molar-refractivity contribution >= 4 is 17.3 Å². The van der Waals surface area contributed by atoms with E-state index in [0.29, 0.717) is 11.6 Å². The fourth-order valence-electron chi connectivity index (χ4n) is 2.78. The van der Waals surface area contributed by atoms with Gasteiger partial charge in [0.25, 0.3) is 11.6 Å². The second-order valence-electron chi connectivity index (χ2n) is 6.74. The predicted octanol–water partition coefficient (Wildman–Crippen LogP) is 4.64. The number of oxazole rings is 1. The third-order valence-corrected chi connectivity index (χ3v) is 4.43. The summed E-state index contributed by atoms with van der Waals surface area (Å²) in [4.78, 5) is 27.7. The van der Waals surface area contributed by atoms with Crippen molar-refractivity contribution in [3.8, 4) is 23.0 Å². The highest BCUT2D eigenvalue weighted by atomic mass is 16.6. The minimum absolute atomic E-state index is 0.143. The average molecular weight is 411 g/mol. The Hall–Kier alpha value is -3.88. The maximum atomic E-state index is 12.7. The van der Waals surface area contributed by atoms with Crippen molar-refractivity contribution in [2.45, 2.75) is 19.8 Å². The van der Waals surface area contributed by atoms with Gasteiger partial charge >= 0.3 is 0 Å². The quantitative estimate of drug-likeness (QED) is 0.444. The molecule has 1 heterocycles. The largest absolute Gasteiger partial charge is 0.493 e. The molecule has 0 saturated heterocycles. The van der Waals surface area contributed by atoms with E-state index in [1.54, 1.807) is 30.5 Å². The van der Waals surface area contributed by atoms with Crippen LogP contribution in [0.25, 0.3) is 11.5 Å². The monoisotopic (exact) mass is 411 g/mol. The van der Waals surface area contributed by atoms with Crippen molar-refractivity contribution in [3.63, 3.8) is 0 Å². The normalized spacial score (nSPS) is 10.7. The van der Waals surface area contributed by atoms with Crippen molar-refractivity contribution in [3.05, 3.63) is 64.0 Å². The van der Waals surface area contributed by atoms with Gasteiger partial charge in [-0.1, -0.05) is 13.8 Å². The number of carbonyl (C=O) groups is 1. The van der Waals surface area contributed by atoms with Crippen LogP contribution < -0.4 is 14.8 Å². The number of anilines is 1. The lowest BCUT2D eigenvalue weighted by atomic mass is 10.1. The molecule has 9 heteroatoms. The van der Waals surface area contributed by atoms with Gasteiger partial charge in [0.1, 0.15) is 11.3 Å². The van der Waals surface area contributed by atoms with Crippen molar-refractivity contribution in [2.75, 3.05) is 19.5 Å². The van der Waals surface area contributed by atoms with Gasteiger partial charge in [-0.05, 0) is 24.3 Å². The molecule has 0 aliphatic rings. The number of aromatic nitrogens is 1. The van der Waals surface area contributed by atoms with Gasteiger partial charge in [-0.15, -0.1) is 0 Å². The number of benzene rings is 2. The molecular weight excluding hydrogens is 390 g/mol. The molecule has 2 aromatic carbocycles. The summed E-state index contributed by atoms with van der Waals surface area (Å²) in [6.45, 7) is 4.02. The van der Waals surface area contributed by atoms with Gasteiger partial charge in [0.15, 0.2) is 11.5 Å². The Morgan fingerprint density at radius 2 is 1.77 bits per heavy atom. The zero-order chi connectivity index (χ0) is 21.8. The molecule has 156 valence electrons. The zero-order valence-electron chi connectivity index (χ0n) is 17.0. The second-order valence-corrected chi connectivity index (χ2v) is 6.74. The van der Waals surface area contributed by atoms with E-state index in [2.05, 4.69) is 10.3 Å². The van der Waals surface area contributed by atoms with Gasteiger partial charge in [0.05, 0.1) is 31.4 Å². The van der Waals surface area contributed by atoms with Gasteiger partial charge in [-0.3, -0.25) is 14.9 Å². The molecule has 1 N–H and O–H groups in total. The number of hydrogen-bond donors (Lipinski definition) is 1. The van der Waals surface area contributed by atoms with Crippen LogP contribution in [0.1, 0.15) is 35.9 Å². The summed E-state index contributed by atoms with van der Waals surface area (Å²) in [5.41, 5.74) is 0.680. The number of rotatable bonds is 7. The van der Waals surface area contributed by atoms with Crippen LogP contribution in [0.2, 0.25) is 0 Å². The van der Waals surface area contributed by atoms with E-state index < -0.39 is 10.8 Å². The third kappa shape index (κ3) is 4.24. The topological polar surface area (TPSA) is 117 Å². The van der Waals surface area contributed by atoms with Crippen molar-refractivity contribution in [1.29, 1.82) is 0 Å². The number of nitrogens with zero attached hydrogens (tertiary/aromatic N) is 2. The molecule has 0 unspecified atom stereocenters. The number of hydrogen-bond acceptors (Lipinski definition) is 7. The maximum absolute atomic E-state index is 12.7. The minimum Gasteiger partial charge on any atom is -0.493 e. The highest BCUT2D eigenvalue weighted by Gasteiger charge is 2.24. The van der Waals surface area contributed by atoms with Gasteiger partial charge in [-0.25, -0.2) is 4.98 Å². The Morgan fingerprint density at radius 3 is 2.30 bits per heavy atom. The molecule has 0 aliphatic heterocycles. The highest BCUT2D eigenvalue weighted by molar-refractivity contribution is 6.07. The lowest BCUT2D eigenvalue weighted by Gasteiger charge is -2.11. The summed E-state index contributed by atoms with van der Waals surface area (Å²) >= 11 is 0. The molecule has 0 aliphatic carbocycles. The van der Waals surface area contributed by atoms with Crippen molar-refractivity contribution in [2.24, 2.45) is 0 Å². The van der Waals surface area contributed by atoms with Crippen molar-refractivity contribution < 1.29 is 23.6 Å². The van der Waals surface area contributed by atoms with E-state index in [1.807, 2.05) is 13.8 Å². The fraction of sp³-hybridized carbons (Fsp3) is 0.238. The standard InChI is InChI=1S/C21H21N3O6/c1-12(2)19-11-22-21(30-19)13-5-7-14(8-6-13)23-20(25)15-9-17(28-3)18(29-4)10-16(15)24(26)27/h5-12H,1-4H3,(H,23,25). The molecule has 30 heavy (non-hydrogen) atoms. The molecule has 3 rings (SSSR count). The van der Waals surface area contributed by atoms with Crippen LogP contribution in [0.5, 0.6) is 11.5 Å². The van der Waals surface area contributed by atoms with Gasteiger partial charge < -0.3 is 19.2 Å². The first kappa shape index (κ1) is 20.8. The molecule has 1 amide bonds. The van der Waals surface area contributed by atoms with E-state index in [-0.39, 0.29) is 28.7 Å². The molecular formula is C21H21N3O6. The molecule has 0 bridgehead atoms. The summed E-state index contributed by atoms with van der Waals surface area (Å²) in [5, 5.41) is 14.1. The lowest BCUT2D eigenvalue weighted by Crippen LogP contribution is -2.14. The Kier molecular flexibility index (Phi) is 6.01.